The quantitative estimate of drug-likeness (QED) is 0.809. The van der Waals surface area contributed by atoms with Crippen LogP contribution in [-0.2, 0) is 6.54 Å². The van der Waals surface area contributed by atoms with E-state index < -0.39 is 0 Å². The Morgan fingerprint density at radius 3 is 2.67 bits per heavy atom. The van der Waals surface area contributed by atoms with Crippen molar-refractivity contribution in [1.82, 2.24) is 15.1 Å². The minimum absolute atomic E-state index is 0.483. The summed E-state index contributed by atoms with van der Waals surface area (Å²) < 4.78 is 2.19. The molecule has 1 atom stereocenters. The molecule has 0 aromatic carbocycles. The maximum absolute atomic E-state index is 4.47. The predicted molar refractivity (Wildman–Crippen MR) is 75.5 cm³/mol. The van der Waals surface area contributed by atoms with Crippen molar-refractivity contribution in [2.24, 2.45) is 5.92 Å². The molecule has 3 nitrogen and oxygen atoms in total. The van der Waals surface area contributed by atoms with E-state index in [0.29, 0.717) is 6.04 Å². The van der Waals surface area contributed by atoms with Crippen LogP contribution in [0.25, 0.3) is 0 Å². The van der Waals surface area contributed by atoms with Gasteiger partial charge in [-0.15, -0.1) is 0 Å². The van der Waals surface area contributed by atoms with E-state index in [1.165, 1.54) is 44.2 Å². The Bertz CT molecular complexity index is 337. The van der Waals surface area contributed by atoms with Gasteiger partial charge in [-0.2, -0.15) is 5.10 Å². The molecule has 1 aliphatic rings. The van der Waals surface area contributed by atoms with Crippen LogP contribution in [0.3, 0.4) is 0 Å². The molecular formula is C15H27N3. The number of hydrogen-bond donors (Lipinski definition) is 1. The third-order valence-corrected chi connectivity index (χ3v) is 4.19. The molecule has 1 unspecified atom stereocenters. The van der Waals surface area contributed by atoms with Gasteiger partial charge < -0.3 is 5.32 Å². The molecular weight excluding hydrogens is 222 g/mol. The van der Waals surface area contributed by atoms with Crippen LogP contribution < -0.4 is 5.32 Å². The van der Waals surface area contributed by atoms with E-state index in [4.69, 9.17) is 0 Å². The summed E-state index contributed by atoms with van der Waals surface area (Å²) in [6.07, 6.45) is 11.4. The van der Waals surface area contributed by atoms with Gasteiger partial charge in [-0.05, 0) is 38.3 Å². The van der Waals surface area contributed by atoms with Crippen molar-refractivity contribution in [3.63, 3.8) is 0 Å². The highest BCUT2D eigenvalue weighted by Gasteiger charge is 2.25. The van der Waals surface area contributed by atoms with Gasteiger partial charge in [0.15, 0.2) is 0 Å². The summed E-state index contributed by atoms with van der Waals surface area (Å²) in [7, 11) is 2.10. The van der Waals surface area contributed by atoms with Crippen molar-refractivity contribution >= 4 is 0 Å². The first-order valence-corrected chi connectivity index (χ1v) is 7.55. The standard InChI is InChI=1S/C15H27N3/c1-3-12-18-14(10-11-17-18)15(16-2)13-8-6-4-5-7-9-13/h10-11,13,15-16H,3-9,12H2,1-2H3. The molecule has 102 valence electrons. The summed E-state index contributed by atoms with van der Waals surface area (Å²) in [5.41, 5.74) is 1.38. The molecule has 18 heavy (non-hydrogen) atoms. The summed E-state index contributed by atoms with van der Waals surface area (Å²) in [5.74, 6) is 0.782. The average molecular weight is 249 g/mol. The summed E-state index contributed by atoms with van der Waals surface area (Å²) in [5, 5.41) is 8.01. The second kappa shape index (κ2) is 6.93. The number of nitrogens with one attached hydrogen (secondary N) is 1. The summed E-state index contributed by atoms with van der Waals surface area (Å²) in [6.45, 7) is 3.25. The smallest absolute Gasteiger partial charge is 0.0556 e. The van der Waals surface area contributed by atoms with Crippen molar-refractivity contribution in [3.8, 4) is 0 Å². The topological polar surface area (TPSA) is 29.9 Å². The lowest BCUT2D eigenvalue weighted by molar-refractivity contribution is 0.323. The molecule has 0 radical (unpaired) electrons. The molecule has 1 N–H and O–H groups in total. The number of hydrogen-bond acceptors (Lipinski definition) is 2. The SMILES string of the molecule is CCCn1nccc1C(NC)C1CCCCCC1. The van der Waals surface area contributed by atoms with Gasteiger partial charge in [0.2, 0.25) is 0 Å². The van der Waals surface area contributed by atoms with Crippen LogP contribution in [0.15, 0.2) is 12.3 Å². The molecule has 0 spiro atoms. The van der Waals surface area contributed by atoms with Crippen LogP contribution in [-0.4, -0.2) is 16.8 Å². The molecule has 0 saturated heterocycles. The van der Waals surface area contributed by atoms with Crippen molar-refractivity contribution in [3.05, 3.63) is 18.0 Å². The third-order valence-electron chi connectivity index (χ3n) is 4.19. The average Bonchev–Trinajstić information content (AvgIpc) is 2.66. The normalized spacial score (nSPS) is 19.7. The fourth-order valence-corrected chi connectivity index (χ4v) is 3.28. The zero-order valence-corrected chi connectivity index (χ0v) is 11.9. The largest absolute Gasteiger partial charge is 0.311 e. The second-order valence-electron chi connectivity index (χ2n) is 5.50. The van der Waals surface area contributed by atoms with E-state index >= 15 is 0 Å². The Morgan fingerprint density at radius 1 is 1.33 bits per heavy atom. The monoisotopic (exact) mass is 249 g/mol. The Morgan fingerprint density at radius 2 is 2.06 bits per heavy atom. The first kappa shape index (κ1) is 13.6. The van der Waals surface area contributed by atoms with Gasteiger partial charge in [-0.1, -0.05) is 32.6 Å². The summed E-state index contributed by atoms with van der Waals surface area (Å²) in [4.78, 5) is 0. The zero-order valence-electron chi connectivity index (χ0n) is 11.9. The Hall–Kier alpha value is -0.830. The van der Waals surface area contributed by atoms with Crippen LogP contribution in [0.1, 0.15) is 63.6 Å². The van der Waals surface area contributed by atoms with Crippen molar-refractivity contribution in [1.29, 1.82) is 0 Å². The minimum atomic E-state index is 0.483. The van der Waals surface area contributed by atoms with Crippen molar-refractivity contribution < 1.29 is 0 Å². The lowest BCUT2D eigenvalue weighted by Crippen LogP contribution is -2.27. The van der Waals surface area contributed by atoms with E-state index in [9.17, 15) is 0 Å². The van der Waals surface area contributed by atoms with Gasteiger partial charge in [-0.3, -0.25) is 4.68 Å². The van der Waals surface area contributed by atoms with Crippen LogP contribution in [0.4, 0.5) is 0 Å². The van der Waals surface area contributed by atoms with Crippen LogP contribution in [0.2, 0.25) is 0 Å². The van der Waals surface area contributed by atoms with E-state index in [-0.39, 0.29) is 0 Å². The highest BCUT2D eigenvalue weighted by atomic mass is 15.3. The number of rotatable bonds is 5. The first-order chi connectivity index (χ1) is 8.86. The molecule has 1 aliphatic carbocycles. The molecule has 1 saturated carbocycles. The number of aromatic nitrogens is 2. The number of nitrogens with zero attached hydrogens (tertiary/aromatic N) is 2. The van der Waals surface area contributed by atoms with Gasteiger partial charge in [0.25, 0.3) is 0 Å². The summed E-state index contributed by atoms with van der Waals surface area (Å²) >= 11 is 0. The predicted octanol–water partition coefficient (Wildman–Crippen LogP) is 3.52. The Labute approximate surface area is 111 Å². The Balaban J connectivity index is 2.12. The van der Waals surface area contributed by atoms with Crippen LogP contribution in [0.5, 0.6) is 0 Å². The molecule has 2 rings (SSSR count). The minimum Gasteiger partial charge on any atom is -0.311 e. The lowest BCUT2D eigenvalue weighted by atomic mass is 9.90. The maximum atomic E-state index is 4.47. The second-order valence-corrected chi connectivity index (χ2v) is 5.50. The molecule has 0 bridgehead atoms. The highest BCUT2D eigenvalue weighted by molar-refractivity contribution is 5.08. The molecule has 3 heteroatoms. The molecule has 1 heterocycles. The zero-order chi connectivity index (χ0) is 12.8. The van der Waals surface area contributed by atoms with Gasteiger partial charge in [-0.25, -0.2) is 0 Å². The summed E-state index contributed by atoms with van der Waals surface area (Å²) in [6, 6.07) is 2.68. The van der Waals surface area contributed by atoms with Gasteiger partial charge in [0.1, 0.15) is 0 Å². The lowest BCUT2D eigenvalue weighted by Gasteiger charge is -2.26. The highest BCUT2D eigenvalue weighted by Crippen LogP contribution is 2.33. The third kappa shape index (κ3) is 3.14. The first-order valence-electron chi connectivity index (χ1n) is 7.55. The maximum Gasteiger partial charge on any atom is 0.0556 e. The van der Waals surface area contributed by atoms with Gasteiger partial charge in [0, 0.05) is 12.7 Å². The van der Waals surface area contributed by atoms with Crippen LogP contribution in [0, 0.1) is 5.92 Å². The molecule has 1 aromatic rings. The van der Waals surface area contributed by atoms with Gasteiger partial charge >= 0.3 is 0 Å². The molecule has 0 aliphatic heterocycles. The van der Waals surface area contributed by atoms with E-state index in [1.54, 1.807) is 0 Å². The fourth-order valence-electron chi connectivity index (χ4n) is 3.28. The van der Waals surface area contributed by atoms with E-state index in [1.807, 2.05) is 6.20 Å². The molecule has 0 amide bonds. The van der Waals surface area contributed by atoms with Crippen molar-refractivity contribution in [2.45, 2.75) is 64.5 Å². The van der Waals surface area contributed by atoms with Crippen LogP contribution >= 0.6 is 0 Å². The van der Waals surface area contributed by atoms with E-state index in [0.717, 1.165) is 18.9 Å². The number of aryl methyl sites for hydroxylation is 1. The Kier molecular flexibility index (Phi) is 5.24. The fraction of sp³-hybridized carbons (Fsp3) is 0.800. The molecule has 1 fully saturated rings. The van der Waals surface area contributed by atoms with Crippen molar-refractivity contribution in [2.75, 3.05) is 7.05 Å². The molecule has 1 aromatic heterocycles. The van der Waals surface area contributed by atoms with E-state index in [2.05, 4.69) is 35.1 Å². The van der Waals surface area contributed by atoms with Gasteiger partial charge in [0.05, 0.1) is 11.7 Å².